The van der Waals surface area contributed by atoms with Gasteiger partial charge in [-0.15, -0.1) is 11.3 Å². The lowest BCUT2D eigenvalue weighted by atomic mass is 10.1. The molecule has 3 aromatic rings. The van der Waals surface area contributed by atoms with E-state index >= 15 is 0 Å². The molecule has 0 atom stereocenters. The van der Waals surface area contributed by atoms with Gasteiger partial charge in [0.05, 0.1) is 22.3 Å². The number of fused-ring (bicyclic) bond motifs is 1. The lowest BCUT2D eigenvalue weighted by Gasteiger charge is -2.09. The molecule has 0 aliphatic carbocycles. The van der Waals surface area contributed by atoms with Crippen LogP contribution in [0, 0.1) is 6.92 Å². The van der Waals surface area contributed by atoms with Crippen LogP contribution in [-0.4, -0.2) is 32.1 Å². The SMILES string of the molecule is Cc1ccc(NC(=O)c2ccc(CCNS(C)(=O)=O)s2)c2cccnc12. The number of hydrogen-bond acceptors (Lipinski definition) is 5. The smallest absolute Gasteiger partial charge is 0.265 e. The van der Waals surface area contributed by atoms with Gasteiger partial charge in [0.2, 0.25) is 10.0 Å². The van der Waals surface area contributed by atoms with E-state index < -0.39 is 10.0 Å². The molecule has 2 N–H and O–H groups in total. The maximum Gasteiger partial charge on any atom is 0.265 e. The van der Waals surface area contributed by atoms with Gasteiger partial charge in [-0.25, -0.2) is 13.1 Å². The Kier molecular flexibility index (Phi) is 5.36. The number of benzene rings is 1. The van der Waals surface area contributed by atoms with Gasteiger partial charge in [-0.05, 0) is 49.2 Å². The quantitative estimate of drug-likeness (QED) is 0.678. The topological polar surface area (TPSA) is 88.2 Å². The van der Waals surface area contributed by atoms with Crippen LogP contribution in [0.2, 0.25) is 0 Å². The van der Waals surface area contributed by atoms with Crippen molar-refractivity contribution in [1.29, 1.82) is 0 Å². The van der Waals surface area contributed by atoms with Crippen molar-refractivity contribution in [3.63, 3.8) is 0 Å². The molecule has 0 radical (unpaired) electrons. The van der Waals surface area contributed by atoms with Gasteiger partial charge in [0.25, 0.3) is 5.91 Å². The molecule has 0 fully saturated rings. The molecule has 1 amide bonds. The Labute approximate surface area is 156 Å². The van der Waals surface area contributed by atoms with E-state index in [0.29, 0.717) is 17.8 Å². The summed E-state index contributed by atoms with van der Waals surface area (Å²) >= 11 is 1.36. The summed E-state index contributed by atoms with van der Waals surface area (Å²) in [6, 6.07) is 11.2. The summed E-state index contributed by atoms with van der Waals surface area (Å²) < 4.78 is 24.6. The minimum atomic E-state index is -3.20. The van der Waals surface area contributed by atoms with Crippen LogP contribution in [0.1, 0.15) is 20.1 Å². The van der Waals surface area contributed by atoms with Crippen LogP contribution in [0.4, 0.5) is 5.69 Å². The molecule has 0 saturated heterocycles. The van der Waals surface area contributed by atoms with Gasteiger partial charge in [-0.2, -0.15) is 0 Å². The summed E-state index contributed by atoms with van der Waals surface area (Å²) in [5.74, 6) is -0.189. The van der Waals surface area contributed by atoms with Crippen molar-refractivity contribution < 1.29 is 13.2 Å². The van der Waals surface area contributed by atoms with Gasteiger partial charge in [0.1, 0.15) is 0 Å². The van der Waals surface area contributed by atoms with E-state index in [-0.39, 0.29) is 5.91 Å². The Morgan fingerprint density at radius 3 is 2.77 bits per heavy atom. The van der Waals surface area contributed by atoms with Crippen LogP contribution in [0.25, 0.3) is 10.9 Å². The molecular weight excluding hydrogens is 370 g/mol. The fourth-order valence-electron chi connectivity index (χ4n) is 2.60. The first kappa shape index (κ1) is 18.5. The van der Waals surface area contributed by atoms with Gasteiger partial charge < -0.3 is 5.32 Å². The number of hydrogen-bond donors (Lipinski definition) is 2. The predicted octanol–water partition coefficient (Wildman–Crippen LogP) is 2.95. The fourth-order valence-corrected chi connectivity index (χ4v) is 3.98. The Morgan fingerprint density at radius 1 is 1.19 bits per heavy atom. The maximum atomic E-state index is 12.6. The average molecular weight is 390 g/mol. The monoisotopic (exact) mass is 389 g/mol. The second-order valence-electron chi connectivity index (χ2n) is 5.97. The van der Waals surface area contributed by atoms with Crippen molar-refractivity contribution in [3.05, 3.63) is 57.9 Å². The molecular formula is C18H19N3O3S2. The highest BCUT2D eigenvalue weighted by Crippen LogP contribution is 2.26. The van der Waals surface area contributed by atoms with E-state index in [4.69, 9.17) is 0 Å². The highest BCUT2D eigenvalue weighted by Gasteiger charge is 2.12. The van der Waals surface area contributed by atoms with Crippen LogP contribution >= 0.6 is 11.3 Å². The molecule has 6 nitrogen and oxygen atoms in total. The molecule has 26 heavy (non-hydrogen) atoms. The van der Waals surface area contributed by atoms with Crippen molar-refractivity contribution in [1.82, 2.24) is 9.71 Å². The number of aryl methyl sites for hydroxylation is 1. The number of amides is 1. The second-order valence-corrected chi connectivity index (χ2v) is 8.97. The summed E-state index contributed by atoms with van der Waals surface area (Å²) in [4.78, 5) is 18.5. The molecule has 0 bridgehead atoms. The van der Waals surface area contributed by atoms with Gasteiger partial charge in [0, 0.05) is 23.0 Å². The number of carbonyl (C=O) groups is 1. The molecule has 2 heterocycles. The standard InChI is InChI=1S/C18H19N3O3S2/c1-12-5-7-15(14-4-3-10-19-17(12)14)21-18(22)16-8-6-13(25-16)9-11-20-26(2,23)24/h3-8,10,20H,9,11H2,1-2H3,(H,21,22). The van der Waals surface area contributed by atoms with E-state index in [0.717, 1.165) is 33.3 Å². The van der Waals surface area contributed by atoms with Crippen molar-refractivity contribution in [2.75, 3.05) is 18.1 Å². The largest absolute Gasteiger partial charge is 0.321 e. The normalized spacial score (nSPS) is 11.6. The zero-order valence-corrected chi connectivity index (χ0v) is 16.1. The first-order valence-corrected chi connectivity index (χ1v) is 10.7. The third-order valence-corrected chi connectivity index (χ3v) is 5.71. The van der Waals surface area contributed by atoms with Gasteiger partial charge in [0.15, 0.2) is 0 Å². The lowest BCUT2D eigenvalue weighted by Crippen LogP contribution is -2.24. The third-order valence-electron chi connectivity index (χ3n) is 3.84. The van der Waals surface area contributed by atoms with Crippen LogP contribution in [-0.2, 0) is 16.4 Å². The molecule has 1 aromatic carbocycles. The minimum Gasteiger partial charge on any atom is -0.321 e. The maximum absolute atomic E-state index is 12.6. The Bertz CT molecular complexity index is 1060. The average Bonchev–Trinajstić information content (AvgIpc) is 3.05. The molecule has 0 aliphatic rings. The first-order valence-electron chi connectivity index (χ1n) is 8.02. The molecule has 0 spiro atoms. The number of anilines is 1. The van der Waals surface area contributed by atoms with E-state index in [1.165, 1.54) is 11.3 Å². The minimum absolute atomic E-state index is 0.189. The van der Waals surface area contributed by atoms with Crippen LogP contribution in [0.15, 0.2) is 42.6 Å². The highest BCUT2D eigenvalue weighted by molar-refractivity contribution is 7.88. The van der Waals surface area contributed by atoms with Crippen molar-refractivity contribution in [2.24, 2.45) is 0 Å². The number of rotatable bonds is 6. The second kappa shape index (κ2) is 7.53. The van der Waals surface area contributed by atoms with Gasteiger partial charge >= 0.3 is 0 Å². The Morgan fingerprint density at radius 2 is 2.00 bits per heavy atom. The predicted molar refractivity (Wildman–Crippen MR) is 105 cm³/mol. The van der Waals surface area contributed by atoms with Gasteiger partial charge in [-0.1, -0.05) is 6.07 Å². The van der Waals surface area contributed by atoms with E-state index in [2.05, 4.69) is 15.0 Å². The van der Waals surface area contributed by atoms with Crippen molar-refractivity contribution in [2.45, 2.75) is 13.3 Å². The summed E-state index contributed by atoms with van der Waals surface area (Å²) in [6.45, 7) is 2.30. The van der Waals surface area contributed by atoms with Crippen molar-refractivity contribution >= 4 is 43.9 Å². The Balaban J connectivity index is 1.72. The van der Waals surface area contributed by atoms with Crippen LogP contribution in [0.3, 0.4) is 0 Å². The zero-order chi connectivity index (χ0) is 18.7. The summed E-state index contributed by atoms with van der Waals surface area (Å²) in [5.41, 5.74) is 2.64. The van der Waals surface area contributed by atoms with Gasteiger partial charge in [-0.3, -0.25) is 9.78 Å². The molecule has 8 heteroatoms. The number of pyridine rings is 1. The molecule has 0 aliphatic heterocycles. The fraction of sp³-hybridized carbons (Fsp3) is 0.222. The Hall–Kier alpha value is -2.29. The van der Waals surface area contributed by atoms with Crippen LogP contribution < -0.4 is 10.0 Å². The molecule has 2 aromatic heterocycles. The van der Waals surface area contributed by atoms with E-state index in [1.54, 1.807) is 12.3 Å². The van der Waals surface area contributed by atoms with Crippen LogP contribution in [0.5, 0.6) is 0 Å². The number of aromatic nitrogens is 1. The summed E-state index contributed by atoms with van der Waals surface area (Å²) in [6.07, 6.45) is 3.40. The molecule has 0 saturated carbocycles. The number of nitrogens with zero attached hydrogens (tertiary/aromatic N) is 1. The summed E-state index contributed by atoms with van der Waals surface area (Å²) in [7, 11) is -3.20. The number of carbonyl (C=O) groups excluding carboxylic acids is 1. The first-order chi connectivity index (χ1) is 12.3. The molecule has 3 rings (SSSR count). The number of nitrogens with one attached hydrogen (secondary N) is 2. The molecule has 0 unspecified atom stereocenters. The molecule has 136 valence electrons. The number of sulfonamides is 1. The third kappa shape index (κ3) is 4.46. The van der Waals surface area contributed by atoms with E-state index in [1.807, 2.05) is 37.3 Å². The van der Waals surface area contributed by atoms with E-state index in [9.17, 15) is 13.2 Å². The highest BCUT2D eigenvalue weighted by atomic mass is 32.2. The lowest BCUT2D eigenvalue weighted by molar-refractivity contribution is 0.103. The van der Waals surface area contributed by atoms with Crippen molar-refractivity contribution in [3.8, 4) is 0 Å². The summed E-state index contributed by atoms with van der Waals surface area (Å²) in [5, 5.41) is 3.84. The number of thiophene rings is 1. The zero-order valence-electron chi connectivity index (χ0n) is 14.4.